The van der Waals surface area contributed by atoms with Gasteiger partial charge >= 0.3 is 0 Å². The molecule has 0 bridgehead atoms. The maximum absolute atomic E-state index is 13.1. The number of thiazole rings is 1. The molecule has 1 aromatic heterocycles. The van der Waals surface area contributed by atoms with Crippen LogP contribution in [0.2, 0.25) is 10.0 Å². The molecular weight excluding hydrogens is 493 g/mol. The van der Waals surface area contributed by atoms with Crippen LogP contribution in [0, 0.1) is 6.92 Å². The van der Waals surface area contributed by atoms with Crippen molar-refractivity contribution >= 4 is 80.0 Å². The van der Waals surface area contributed by atoms with E-state index in [1.807, 2.05) is 62.3 Å². The molecule has 4 nitrogen and oxygen atoms in total. The third kappa shape index (κ3) is 7.24. The number of nitrogens with zero attached hydrogens (tertiary/aromatic N) is 3. The zero-order valence-corrected chi connectivity index (χ0v) is 21.7. The highest BCUT2D eigenvalue weighted by Gasteiger charge is 2.20. The van der Waals surface area contributed by atoms with Crippen molar-refractivity contribution < 1.29 is 4.79 Å². The predicted molar refractivity (Wildman–Crippen MR) is 139 cm³/mol. The first-order valence-corrected chi connectivity index (χ1v) is 12.3. The van der Waals surface area contributed by atoms with Crippen LogP contribution >= 0.6 is 58.7 Å². The number of benzene rings is 2. The van der Waals surface area contributed by atoms with Crippen LogP contribution in [0.25, 0.3) is 10.2 Å². The fourth-order valence-corrected chi connectivity index (χ4v) is 5.19. The van der Waals surface area contributed by atoms with Crippen molar-refractivity contribution in [2.75, 3.05) is 37.8 Å². The second-order valence-electron chi connectivity index (χ2n) is 7.27. The van der Waals surface area contributed by atoms with E-state index in [-0.39, 0.29) is 18.3 Å². The minimum Gasteiger partial charge on any atom is -0.309 e. The third-order valence-electron chi connectivity index (χ3n) is 4.65. The second kappa shape index (κ2) is 12.3. The minimum atomic E-state index is 0. The van der Waals surface area contributed by atoms with Crippen LogP contribution in [0.1, 0.15) is 18.4 Å². The van der Waals surface area contributed by atoms with Gasteiger partial charge in [0.2, 0.25) is 5.91 Å². The van der Waals surface area contributed by atoms with Crippen LogP contribution in [-0.4, -0.2) is 48.7 Å². The number of rotatable bonds is 9. The largest absolute Gasteiger partial charge is 0.309 e. The van der Waals surface area contributed by atoms with Gasteiger partial charge in [-0.1, -0.05) is 34.5 Å². The van der Waals surface area contributed by atoms with Crippen LogP contribution in [0.3, 0.4) is 0 Å². The highest BCUT2D eigenvalue weighted by atomic mass is 35.5. The number of aryl methyl sites for hydroxylation is 1. The van der Waals surface area contributed by atoms with Gasteiger partial charge in [0.05, 0.1) is 10.2 Å². The fourth-order valence-electron chi connectivity index (χ4n) is 3.00. The lowest BCUT2D eigenvalue weighted by atomic mass is 10.2. The molecule has 168 valence electrons. The van der Waals surface area contributed by atoms with Gasteiger partial charge in [0, 0.05) is 33.7 Å². The molecule has 0 saturated carbocycles. The van der Waals surface area contributed by atoms with Crippen LogP contribution in [0.15, 0.2) is 41.3 Å². The third-order valence-corrected chi connectivity index (χ3v) is 7.37. The van der Waals surface area contributed by atoms with Gasteiger partial charge in [-0.15, -0.1) is 24.2 Å². The van der Waals surface area contributed by atoms with Crippen LogP contribution in [0.4, 0.5) is 5.13 Å². The van der Waals surface area contributed by atoms with Crippen LogP contribution < -0.4 is 4.90 Å². The molecule has 0 saturated heterocycles. The summed E-state index contributed by atoms with van der Waals surface area (Å²) in [4.78, 5) is 23.0. The summed E-state index contributed by atoms with van der Waals surface area (Å²) in [7, 11) is 4.08. The molecule has 0 fully saturated rings. The second-order valence-corrected chi connectivity index (χ2v) is 10.3. The lowest BCUT2D eigenvalue weighted by Crippen LogP contribution is -2.33. The number of fused-ring (bicyclic) bond motifs is 1. The Balaban J connectivity index is 0.00000341. The number of hydrogen-bond donors (Lipinski definition) is 0. The van der Waals surface area contributed by atoms with Gasteiger partial charge in [-0.3, -0.25) is 9.69 Å². The maximum atomic E-state index is 13.1. The molecule has 3 aromatic rings. The molecule has 31 heavy (non-hydrogen) atoms. The summed E-state index contributed by atoms with van der Waals surface area (Å²) >= 11 is 15.4. The Morgan fingerprint density at radius 2 is 1.81 bits per heavy atom. The molecule has 1 amide bonds. The molecule has 0 aliphatic heterocycles. The molecule has 9 heteroatoms. The molecule has 3 rings (SSSR count). The molecule has 0 atom stereocenters. The SMILES string of the molecule is Cc1c(Cl)ccc2sc(N(CCCN(C)C)C(=O)CCSc3ccc(Cl)cc3)nc12.Cl. The van der Waals surface area contributed by atoms with E-state index >= 15 is 0 Å². The molecular formula is C22H26Cl3N3OS2. The quantitative estimate of drug-likeness (QED) is 0.292. The first-order valence-electron chi connectivity index (χ1n) is 9.74. The van der Waals surface area contributed by atoms with Crippen molar-refractivity contribution in [1.82, 2.24) is 9.88 Å². The lowest BCUT2D eigenvalue weighted by Gasteiger charge is -2.21. The summed E-state index contributed by atoms with van der Waals surface area (Å²) in [6.07, 6.45) is 1.34. The van der Waals surface area contributed by atoms with Gasteiger partial charge in [0.15, 0.2) is 5.13 Å². The lowest BCUT2D eigenvalue weighted by molar-refractivity contribution is -0.118. The summed E-state index contributed by atoms with van der Waals surface area (Å²) in [5.41, 5.74) is 1.83. The monoisotopic (exact) mass is 517 g/mol. The van der Waals surface area contributed by atoms with Crippen molar-refractivity contribution in [2.24, 2.45) is 0 Å². The van der Waals surface area contributed by atoms with Crippen LogP contribution in [-0.2, 0) is 4.79 Å². The number of amides is 1. The van der Waals surface area contributed by atoms with Crippen molar-refractivity contribution in [2.45, 2.75) is 24.7 Å². The Labute approximate surface area is 208 Å². The number of anilines is 1. The summed E-state index contributed by atoms with van der Waals surface area (Å²) in [6, 6.07) is 11.6. The number of thioether (sulfide) groups is 1. The van der Waals surface area contributed by atoms with Gasteiger partial charge in [-0.2, -0.15) is 0 Å². The standard InChI is InChI=1S/C22H25Cl2N3OS2.ClH/c1-15-18(24)9-10-19-21(15)25-22(30-19)27(13-4-12-26(2)3)20(28)11-14-29-17-7-5-16(23)6-8-17;/h5-10H,4,11-14H2,1-3H3;1H. The molecule has 1 heterocycles. The first-order chi connectivity index (χ1) is 14.3. The van der Waals surface area contributed by atoms with E-state index in [0.717, 1.165) is 38.8 Å². The highest BCUT2D eigenvalue weighted by Crippen LogP contribution is 2.34. The average molecular weight is 519 g/mol. The molecule has 0 unspecified atom stereocenters. The molecule has 0 aliphatic rings. The molecule has 0 N–H and O–H groups in total. The van der Waals surface area contributed by atoms with Crippen molar-refractivity contribution in [3.63, 3.8) is 0 Å². The normalized spacial score (nSPS) is 11.0. The van der Waals surface area contributed by atoms with Crippen molar-refractivity contribution in [1.29, 1.82) is 0 Å². The Hall–Kier alpha value is -1.02. The van der Waals surface area contributed by atoms with Crippen molar-refractivity contribution in [3.8, 4) is 0 Å². The Bertz CT molecular complexity index is 1010. The molecule has 0 radical (unpaired) electrons. The Kier molecular flexibility index (Phi) is 10.4. The molecule has 0 aliphatic carbocycles. The number of hydrogen-bond acceptors (Lipinski definition) is 5. The smallest absolute Gasteiger partial charge is 0.229 e. The summed E-state index contributed by atoms with van der Waals surface area (Å²) in [5.74, 6) is 0.804. The van der Waals surface area contributed by atoms with E-state index in [2.05, 4.69) is 4.90 Å². The topological polar surface area (TPSA) is 36.4 Å². The summed E-state index contributed by atoms with van der Waals surface area (Å²) in [6.45, 7) is 3.53. The number of halogens is 3. The van der Waals surface area contributed by atoms with Crippen LogP contribution in [0.5, 0.6) is 0 Å². The number of carbonyl (C=O) groups is 1. The van der Waals surface area contributed by atoms with E-state index in [1.54, 1.807) is 23.1 Å². The number of carbonyl (C=O) groups excluding carboxylic acids is 1. The van der Waals surface area contributed by atoms with Gasteiger partial charge in [0.25, 0.3) is 0 Å². The van der Waals surface area contributed by atoms with E-state index < -0.39 is 0 Å². The fraction of sp³-hybridized carbons (Fsp3) is 0.364. The highest BCUT2D eigenvalue weighted by molar-refractivity contribution is 7.99. The average Bonchev–Trinajstić information content (AvgIpc) is 3.14. The zero-order chi connectivity index (χ0) is 21.7. The molecule has 0 spiro atoms. The van der Waals surface area contributed by atoms with Gasteiger partial charge in [0.1, 0.15) is 0 Å². The summed E-state index contributed by atoms with van der Waals surface area (Å²) < 4.78 is 1.05. The van der Waals surface area contributed by atoms with Gasteiger partial charge in [-0.05, 0) is 75.9 Å². The maximum Gasteiger partial charge on any atom is 0.229 e. The Morgan fingerprint density at radius 3 is 2.48 bits per heavy atom. The van der Waals surface area contributed by atoms with E-state index in [0.29, 0.717) is 28.8 Å². The number of aromatic nitrogens is 1. The van der Waals surface area contributed by atoms with E-state index in [1.165, 1.54) is 0 Å². The summed E-state index contributed by atoms with van der Waals surface area (Å²) in [5, 5.41) is 2.16. The van der Waals surface area contributed by atoms with E-state index in [9.17, 15) is 4.79 Å². The van der Waals surface area contributed by atoms with E-state index in [4.69, 9.17) is 28.2 Å². The Morgan fingerprint density at radius 1 is 1.10 bits per heavy atom. The zero-order valence-electron chi connectivity index (χ0n) is 17.7. The minimum absolute atomic E-state index is 0. The predicted octanol–water partition coefficient (Wildman–Crippen LogP) is 6.80. The first kappa shape index (κ1) is 26.2. The van der Waals surface area contributed by atoms with Gasteiger partial charge in [-0.25, -0.2) is 4.98 Å². The molecule has 2 aromatic carbocycles. The van der Waals surface area contributed by atoms with Gasteiger partial charge < -0.3 is 4.90 Å². The van der Waals surface area contributed by atoms with Crippen molar-refractivity contribution in [3.05, 3.63) is 52.0 Å².